The van der Waals surface area contributed by atoms with Crippen molar-refractivity contribution >= 4 is 0 Å². The summed E-state index contributed by atoms with van der Waals surface area (Å²) in [4.78, 5) is 0. The van der Waals surface area contributed by atoms with Gasteiger partial charge in [0.25, 0.3) is 0 Å². The first kappa shape index (κ1) is 7.28. The van der Waals surface area contributed by atoms with Crippen molar-refractivity contribution in [3.63, 3.8) is 0 Å². The van der Waals surface area contributed by atoms with Crippen molar-refractivity contribution in [2.75, 3.05) is 6.54 Å². The van der Waals surface area contributed by atoms with E-state index in [-0.39, 0.29) is 12.2 Å². The Morgan fingerprint density at radius 2 is 2.00 bits per heavy atom. The van der Waals surface area contributed by atoms with E-state index in [0.29, 0.717) is 19.4 Å². The largest absolute Gasteiger partial charge is 0.388 e. The lowest BCUT2D eigenvalue weighted by Crippen LogP contribution is -2.46. The van der Waals surface area contributed by atoms with Gasteiger partial charge in [-0.3, -0.25) is 0 Å². The Morgan fingerprint density at radius 1 is 1.45 bits per heavy atom. The fourth-order valence-electron chi connectivity index (χ4n) is 1.79. The van der Waals surface area contributed by atoms with E-state index >= 15 is 0 Å². The molecule has 2 aliphatic rings. The molecule has 2 aliphatic heterocycles. The van der Waals surface area contributed by atoms with Gasteiger partial charge in [0, 0.05) is 19.4 Å². The molecular formula is C8H13NO2. The van der Waals surface area contributed by atoms with E-state index in [1.54, 1.807) is 0 Å². The molecule has 2 bridgehead atoms. The average Bonchev–Trinajstić information content (AvgIpc) is 2.31. The fraction of sp³-hybridized carbons (Fsp3) is 0.750. The van der Waals surface area contributed by atoms with Crippen molar-refractivity contribution in [1.82, 2.24) is 0 Å². The van der Waals surface area contributed by atoms with Gasteiger partial charge in [-0.25, -0.2) is 0 Å². The summed E-state index contributed by atoms with van der Waals surface area (Å²) in [6, 6.07) is 0. The molecule has 11 heavy (non-hydrogen) atoms. The average molecular weight is 155 g/mol. The lowest BCUT2D eigenvalue weighted by atomic mass is 9.90. The lowest BCUT2D eigenvalue weighted by molar-refractivity contribution is -0.0969. The van der Waals surface area contributed by atoms with Crippen molar-refractivity contribution in [3.05, 3.63) is 12.2 Å². The first-order valence-electron chi connectivity index (χ1n) is 3.98. The van der Waals surface area contributed by atoms with Gasteiger partial charge < -0.3 is 15.6 Å². The molecule has 0 aromatic heterocycles. The van der Waals surface area contributed by atoms with Crippen LogP contribution in [0.3, 0.4) is 0 Å². The molecule has 0 spiro atoms. The van der Waals surface area contributed by atoms with Crippen LogP contribution in [-0.4, -0.2) is 29.5 Å². The minimum absolute atomic E-state index is 0.0994. The summed E-state index contributed by atoms with van der Waals surface area (Å²) in [5, 5.41) is 9.82. The molecule has 0 amide bonds. The second-order valence-corrected chi connectivity index (χ2v) is 3.43. The molecule has 62 valence electrons. The van der Waals surface area contributed by atoms with Crippen LogP contribution in [0.2, 0.25) is 0 Å². The van der Waals surface area contributed by atoms with Crippen molar-refractivity contribution in [1.29, 1.82) is 0 Å². The standard InChI is InChI=1S/C8H13NO2/c9-5-8(10)3-6-1-2-7(4-8)11-6/h1-2,6-7,10H,3-5,9H2. The van der Waals surface area contributed by atoms with Crippen LogP contribution >= 0.6 is 0 Å². The van der Waals surface area contributed by atoms with Crippen LogP contribution < -0.4 is 5.73 Å². The summed E-state index contributed by atoms with van der Waals surface area (Å²) < 4.78 is 5.47. The van der Waals surface area contributed by atoms with E-state index in [2.05, 4.69) is 0 Å². The normalized spacial score (nSPS) is 48.2. The number of rotatable bonds is 1. The van der Waals surface area contributed by atoms with E-state index in [4.69, 9.17) is 10.5 Å². The van der Waals surface area contributed by atoms with Crippen molar-refractivity contribution in [2.45, 2.75) is 30.7 Å². The number of ether oxygens (including phenoxy) is 1. The van der Waals surface area contributed by atoms with Crippen molar-refractivity contribution in [3.8, 4) is 0 Å². The maximum absolute atomic E-state index is 9.82. The van der Waals surface area contributed by atoms with E-state index in [1.807, 2.05) is 12.2 Å². The summed E-state index contributed by atoms with van der Waals surface area (Å²) in [5.41, 5.74) is 4.77. The zero-order valence-electron chi connectivity index (χ0n) is 6.36. The van der Waals surface area contributed by atoms with Gasteiger partial charge in [0.2, 0.25) is 0 Å². The molecule has 3 heteroatoms. The quantitative estimate of drug-likeness (QED) is 0.515. The van der Waals surface area contributed by atoms with Crippen LogP contribution in [0.15, 0.2) is 12.2 Å². The van der Waals surface area contributed by atoms with E-state index in [9.17, 15) is 5.11 Å². The minimum Gasteiger partial charge on any atom is -0.388 e. The van der Waals surface area contributed by atoms with Gasteiger partial charge >= 0.3 is 0 Å². The third-order valence-electron chi connectivity index (χ3n) is 2.43. The van der Waals surface area contributed by atoms with Gasteiger partial charge in [0.05, 0.1) is 17.8 Å². The van der Waals surface area contributed by atoms with Gasteiger partial charge in [0.15, 0.2) is 0 Å². The topological polar surface area (TPSA) is 55.5 Å². The lowest BCUT2D eigenvalue weighted by Gasteiger charge is -2.35. The summed E-state index contributed by atoms with van der Waals surface area (Å²) in [5.74, 6) is 0. The van der Waals surface area contributed by atoms with Crippen LogP contribution in [0.4, 0.5) is 0 Å². The van der Waals surface area contributed by atoms with Crippen LogP contribution in [0, 0.1) is 0 Å². The van der Waals surface area contributed by atoms with Crippen LogP contribution in [-0.2, 0) is 4.74 Å². The molecular weight excluding hydrogens is 142 g/mol. The highest BCUT2D eigenvalue weighted by molar-refractivity contribution is 5.10. The Labute approximate surface area is 65.8 Å². The zero-order valence-corrected chi connectivity index (χ0v) is 6.36. The molecule has 2 atom stereocenters. The third kappa shape index (κ3) is 1.20. The highest BCUT2D eigenvalue weighted by Crippen LogP contribution is 2.33. The first-order valence-corrected chi connectivity index (χ1v) is 3.98. The van der Waals surface area contributed by atoms with E-state index in [0.717, 1.165) is 0 Å². The maximum Gasteiger partial charge on any atom is 0.0825 e. The molecule has 0 aromatic carbocycles. The van der Waals surface area contributed by atoms with Crippen LogP contribution in [0.1, 0.15) is 12.8 Å². The van der Waals surface area contributed by atoms with Gasteiger partial charge in [-0.1, -0.05) is 12.2 Å². The number of aliphatic hydroxyl groups is 1. The van der Waals surface area contributed by atoms with E-state index < -0.39 is 5.60 Å². The summed E-state index contributed by atoms with van der Waals surface area (Å²) in [7, 11) is 0. The molecule has 0 aliphatic carbocycles. The third-order valence-corrected chi connectivity index (χ3v) is 2.43. The smallest absolute Gasteiger partial charge is 0.0825 e. The number of fused-ring (bicyclic) bond motifs is 2. The molecule has 1 saturated heterocycles. The molecule has 0 saturated carbocycles. The molecule has 2 unspecified atom stereocenters. The zero-order chi connectivity index (χ0) is 7.90. The molecule has 2 rings (SSSR count). The number of hydrogen-bond donors (Lipinski definition) is 2. The van der Waals surface area contributed by atoms with Crippen LogP contribution in [0.5, 0.6) is 0 Å². The molecule has 3 N–H and O–H groups in total. The molecule has 0 radical (unpaired) electrons. The van der Waals surface area contributed by atoms with Gasteiger partial charge in [-0.05, 0) is 0 Å². The number of nitrogens with two attached hydrogens (primary N) is 1. The fourth-order valence-corrected chi connectivity index (χ4v) is 1.79. The summed E-state index contributed by atoms with van der Waals surface area (Å²) in [6.07, 6.45) is 5.52. The Balaban J connectivity index is 2.11. The molecule has 2 heterocycles. The Bertz CT molecular complexity index is 177. The predicted octanol–water partition coefficient (Wildman–Crippen LogP) is -0.206. The predicted molar refractivity (Wildman–Crippen MR) is 41.0 cm³/mol. The molecule has 1 fully saturated rings. The molecule has 0 aromatic rings. The van der Waals surface area contributed by atoms with Gasteiger partial charge in [-0.2, -0.15) is 0 Å². The second kappa shape index (κ2) is 2.30. The minimum atomic E-state index is -0.683. The second-order valence-electron chi connectivity index (χ2n) is 3.43. The summed E-state index contributed by atoms with van der Waals surface area (Å²) in [6.45, 7) is 0.338. The van der Waals surface area contributed by atoms with Crippen LogP contribution in [0.25, 0.3) is 0 Å². The Hall–Kier alpha value is -0.380. The van der Waals surface area contributed by atoms with Gasteiger partial charge in [0.1, 0.15) is 0 Å². The van der Waals surface area contributed by atoms with E-state index in [1.165, 1.54) is 0 Å². The number of hydrogen-bond acceptors (Lipinski definition) is 3. The van der Waals surface area contributed by atoms with Gasteiger partial charge in [-0.15, -0.1) is 0 Å². The Kier molecular flexibility index (Phi) is 1.52. The van der Waals surface area contributed by atoms with Crippen molar-refractivity contribution < 1.29 is 9.84 Å². The van der Waals surface area contributed by atoms with Crippen molar-refractivity contribution in [2.24, 2.45) is 5.73 Å². The summed E-state index contributed by atoms with van der Waals surface area (Å²) >= 11 is 0. The highest BCUT2D eigenvalue weighted by Gasteiger charge is 2.39. The highest BCUT2D eigenvalue weighted by atomic mass is 16.5. The SMILES string of the molecule is NCC1(O)CC2C=CC(C1)O2. The molecule has 3 nitrogen and oxygen atoms in total. The monoisotopic (exact) mass is 155 g/mol. The maximum atomic E-state index is 9.82. The Morgan fingerprint density at radius 3 is 2.45 bits per heavy atom. The first-order chi connectivity index (χ1) is 5.22.